The topological polar surface area (TPSA) is 23.5 Å². The van der Waals surface area contributed by atoms with E-state index in [9.17, 15) is 0 Å². The van der Waals surface area contributed by atoms with Crippen molar-refractivity contribution in [1.82, 2.24) is 4.90 Å². The zero-order valence-corrected chi connectivity index (χ0v) is 7.58. The van der Waals surface area contributed by atoms with Gasteiger partial charge in [-0.25, -0.2) is 0 Å². The Kier molecular flexibility index (Phi) is 6.18. The van der Waals surface area contributed by atoms with E-state index in [1.54, 1.807) is 0 Å². The lowest BCUT2D eigenvalue weighted by Crippen LogP contribution is -2.23. The summed E-state index contributed by atoms with van der Waals surface area (Å²) in [4.78, 5) is 2.20. The molecule has 11 heavy (non-hydrogen) atoms. The van der Waals surface area contributed by atoms with Crippen LogP contribution in [0, 0.1) is 0 Å². The first-order valence-electron chi connectivity index (χ1n) is 4.14. The smallest absolute Gasteiger partial charge is 0.0524 e. The van der Waals surface area contributed by atoms with E-state index in [1.807, 2.05) is 13.0 Å². The van der Waals surface area contributed by atoms with Gasteiger partial charge in [-0.05, 0) is 26.8 Å². The van der Waals surface area contributed by atoms with Gasteiger partial charge >= 0.3 is 0 Å². The third kappa shape index (κ3) is 7.56. The predicted octanol–water partition coefficient (Wildman–Crippen LogP) is 1.27. The molecule has 0 aromatic carbocycles. The van der Waals surface area contributed by atoms with Crippen LogP contribution in [0.2, 0.25) is 0 Å². The van der Waals surface area contributed by atoms with E-state index in [1.165, 1.54) is 0 Å². The monoisotopic (exact) mass is 157 g/mol. The van der Waals surface area contributed by atoms with Gasteiger partial charge in [0.25, 0.3) is 0 Å². The first kappa shape index (κ1) is 10.7. The summed E-state index contributed by atoms with van der Waals surface area (Å²) in [6, 6.07) is 0. The number of aliphatic hydroxyl groups is 1. The molecule has 66 valence electrons. The Balaban J connectivity index is 3.21. The molecule has 2 heteroatoms. The summed E-state index contributed by atoms with van der Waals surface area (Å²) in [5.41, 5.74) is 0. The van der Waals surface area contributed by atoms with E-state index in [0.717, 1.165) is 25.9 Å². The van der Waals surface area contributed by atoms with E-state index in [4.69, 9.17) is 5.11 Å². The highest BCUT2D eigenvalue weighted by molar-refractivity contribution is 4.68. The summed E-state index contributed by atoms with van der Waals surface area (Å²) in [6.07, 6.45) is 3.62. The number of hydrogen-bond donors (Lipinski definition) is 1. The lowest BCUT2D eigenvalue weighted by Gasteiger charge is -2.15. The van der Waals surface area contributed by atoms with Crippen molar-refractivity contribution in [2.75, 3.05) is 20.1 Å². The van der Waals surface area contributed by atoms with Crippen LogP contribution in [0.15, 0.2) is 12.7 Å². The van der Waals surface area contributed by atoms with Gasteiger partial charge in [0, 0.05) is 13.1 Å². The van der Waals surface area contributed by atoms with Gasteiger partial charge in [0.05, 0.1) is 6.10 Å². The molecule has 0 aromatic rings. The van der Waals surface area contributed by atoms with Crippen molar-refractivity contribution in [3.63, 3.8) is 0 Å². The Morgan fingerprint density at radius 2 is 2.18 bits per heavy atom. The van der Waals surface area contributed by atoms with Crippen LogP contribution < -0.4 is 0 Å². The molecule has 0 amide bonds. The molecule has 0 aliphatic rings. The molecule has 0 bridgehead atoms. The van der Waals surface area contributed by atoms with Gasteiger partial charge in [0.15, 0.2) is 0 Å². The molecule has 0 fully saturated rings. The molecule has 2 nitrogen and oxygen atoms in total. The zero-order valence-electron chi connectivity index (χ0n) is 7.58. The van der Waals surface area contributed by atoms with E-state index in [0.29, 0.717) is 0 Å². The summed E-state index contributed by atoms with van der Waals surface area (Å²) in [5.74, 6) is 0. The maximum atomic E-state index is 8.98. The first-order chi connectivity index (χ1) is 5.16. The van der Waals surface area contributed by atoms with Gasteiger partial charge in [-0.1, -0.05) is 6.08 Å². The molecule has 0 radical (unpaired) electrons. The fourth-order valence-corrected chi connectivity index (χ4v) is 0.831. The molecule has 0 aromatic heterocycles. The van der Waals surface area contributed by atoms with Crippen LogP contribution in [0.3, 0.4) is 0 Å². The van der Waals surface area contributed by atoms with Crippen molar-refractivity contribution in [3.05, 3.63) is 12.7 Å². The van der Waals surface area contributed by atoms with Crippen LogP contribution in [-0.4, -0.2) is 36.2 Å². The Bertz CT molecular complexity index is 102. The van der Waals surface area contributed by atoms with Crippen molar-refractivity contribution in [3.8, 4) is 0 Å². The average Bonchev–Trinajstić information content (AvgIpc) is 1.97. The van der Waals surface area contributed by atoms with Gasteiger partial charge in [-0.2, -0.15) is 0 Å². The fraction of sp³-hybridized carbons (Fsp3) is 0.778. The van der Waals surface area contributed by atoms with Crippen LogP contribution in [-0.2, 0) is 0 Å². The molecular weight excluding hydrogens is 138 g/mol. The quantitative estimate of drug-likeness (QED) is 0.587. The maximum Gasteiger partial charge on any atom is 0.0524 e. The second kappa shape index (κ2) is 6.38. The Labute approximate surface area is 69.5 Å². The van der Waals surface area contributed by atoms with Crippen LogP contribution in [0.1, 0.15) is 19.8 Å². The lowest BCUT2D eigenvalue weighted by atomic mass is 10.2. The van der Waals surface area contributed by atoms with Crippen molar-refractivity contribution >= 4 is 0 Å². The normalized spacial score (nSPS) is 13.5. The van der Waals surface area contributed by atoms with Crippen molar-refractivity contribution < 1.29 is 5.11 Å². The van der Waals surface area contributed by atoms with Gasteiger partial charge in [-0.3, -0.25) is 0 Å². The minimum absolute atomic E-state index is 0.179. The summed E-state index contributed by atoms with van der Waals surface area (Å²) in [7, 11) is 2.06. The minimum Gasteiger partial charge on any atom is -0.393 e. The fourth-order valence-electron chi connectivity index (χ4n) is 0.831. The van der Waals surface area contributed by atoms with E-state index >= 15 is 0 Å². The highest BCUT2D eigenvalue weighted by atomic mass is 16.3. The molecule has 0 rings (SSSR count). The summed E-state index contributed by atoms with van der Waals surface area (Å²) in [6.45, 7) is 7.47. The number of nitrogens with zero attached hydrogens (tertiary/aromatic N) is 1. The van der Waals surface area contributed by atoms with Gasteiger partial charge in [-0.15, -0.1) is 6.58 Å². The molecule has 1 N–H and O–H groups in total. The number of rotatable bonds is 6. The second-order valence-electron chi connectivity index (χ2n) is 3.02. The minimum atomic E-state index is -0.179. The molecule has 1 atom stereocenters. The molecule has 0 aliphatic heterocycles. The van der Waals surface area contributed by atoms with Crippen LogP contribution >= 0.6 is 0 Å². The van der Waals surface area contributed by atoms with Gasteiger partial charge in [0.1, 0.15) is 0 Å². The largest absolute Gasteiger partial charge is 0.393 e. The van der Waals surface area contributed by atoms with Gasteiger partial charge < -0.3 is 10.0 Å². The van der Waals surface area contributed by atoms with Crippen molar-refractivity contribution in [2.24, 2.45) is 0 Å². The van der Waals surface area contributed by atoms with Crippen LogP contribution in [0.25, 0.3) is 0 Å². The summed E-state index contributed by atoms with van der Waals surface area (Å²) in [5, 5.41) is 8.98. The van der Waals surface area contributed by atoms with E-state index in [2.05, 4.69) is 18.5 Å². The molecular formula is C9H19NO. The molecule has 1 unspecified atom stereocenters. The van der Waals surface area contributed by atoms with Crippen LogP contribution in [0.4, 0.5) is 0 Å². The predicted molar refractivity (Wildman–Crippen MR) is 48.6 cm³/mol. The third-order valence-corrected chi connectivity index (χ3v) is 1.64. The molecule has 0 saturated carbocycles. The molecule has 0 heterocycles. The second-order valence-corrected chi connectivity index (χ2v) is 3.02. The molecule has 0 saturated heterocycles. The Morgan fingerprint density at radius 1 is 1.55 bits per heavy atom. The standard InChI is InChI=1S/C9H19NO/c1-4-5-7-10(3)8-6-9(2)11/h4,9,11H,1,5-8H2,2-3H3. The van der Waals surface area contributed by atoms with Crippen LogP contribution in [0.5, 0.6) is 0 Å². The highest BCUT2D eigenvalue weighted by Crippen LogP contribution is 1.94. The van der Waals surface area contributed by atoms with E-state index < -0.39 is 0 Å². The Hall–Kier alpha value is -0.340. The number of aliphatic hydroxyl groups excluding tert-OH is 1. The number of hydrogen-bond acceptors (Lipinski definition) is 2. The zero-order chi connectivity index (χ0) is 8.69. The SMILES string of the molecule is C=CCCN(C)CCC(C)O. The summed E-state index contributed by atoms with van der Waals surface area (Å²) < 4.78 is 0. The highest BCUT2D eigenvalue weighted by Gasteiger charge is 1.99. The van der Waals surface area contributed by atoms with E-state index in [-0.39, 0.29) is 6.10 Å². The Morgan fingerprint density at radius 3 is 2.64 bits per heavy atom. The van der Waals surface area contributed by atoms with Crippen molar-refractivity contribution in [2.45, 2.75) is 25.9 Å². The van der Waals surface area contributed by atoms with Crippen molar-refractivity contribution in [1.29, 1.82) is 0 Å². The van der Waals surface area contributed by atoms with Gasteiger partial charge in [0.2, 0.25) is 0 Å². The lowest BCUT2D eigenvalue weighted by molar-refractivity contribution is 0.165. The first-order valence-corrected chi connectivity index (χ1v) is 4.14. The maximum absolute atomic E-state index is 8.98. The third-order valence-electron chi connectivity index (χ3n) is 1.64. The summed E-state index contributed by atoms with van der Waals surface area (Å²) >= 11 is 0. The molecule has 0 aliphatic carbocycles. The molecule has 0 spiro atoms. The average molecular weight is 157 g/mol.